The van der Waals surface area contributed by atoms with Crippen molar-refractivity contribution < 1.29 is 13.9 Å². The molecule has 1 aliphatic heterocycles. The van der Waals surface area contributed by atoms with E-state index in [4.69, 9.17) is 9.15 Å². The van der Waals surface area contributed by atoms with Crippen LogP contribution in [0.1, 0.15) is 42.5 Å². The van der Waals surface area contributed by atoms with Crippen LogP contribution in [-0.4, -0.2) is 39.0 Å². The molecule has 1 N–H and O–H groups in total. The maximum absolute atomic E-state index is 13.0. The number of para-hydroxylation sites is 1. The van der Waals surface area contributed by atoms with Crippen molar-refractivity contribution in [3.05, 3.63) is 80.8 Å². The number of aromatic amines is 1. The molecule has 3 aromatic rings. The second-order valence-electron chi connectivity index (χ2n) is 7.49. The predicted octanol–water partition coefficient (Wildman–Crippen LogP) is 1.88. The maximum Gasteiger partial charge on any atom is 0.328 e. The third kappa shape index (κ3) is 4.60. The van der Waals surface area contributed by atoms with E-state index in [0.717, 1.165) is 30.6 Å². The van der Waals surface area contributed by atoms with E-state index >= 15 is 0 Å². The molecule has 2 aromatic heterocycles. The zero-order valence-corrected chi connectivity index (χ0v) is 17.2. The Morgan fingerprint density at radius 2 is 2.10 bits per heavy atom. The van der Waals surface area contributed by atoms with Crippen LogP contribution in [0.2, 0.25) is 0 Å². The first-order chi connectivity index (χ1) is 15.0. The van der Waals surface area contributed by atoms with Crippen LogP contribution in [0.25, 0.3) is 0 Å². The van der Waals surface area contributed by atoms with Crippen molar-refractivity contribution in [3.8, 4) is 5.75 Å². The lowest BCUT2D eigenvalue weighted by atomic mass is 10.0. The topological polar surface area (TPSA) is 110 Å². The van der Waals surface area contributed by atoms with E-state index in [0.29, 0.717) is 24.6 Å². The highest BCUT2D eigenvalue weighted by Gasteiger charge is 2.31. The van der Waals surface area contributed by atoms with E-state index in [-0.39, 0.29) is 18.5 Å². The van der Waals surface area contributed by atoms with Crippen LogP contribution in [0.3, 0.4) is 0 Å². The molecule has 1 aliphatic rings. The first-order valence-corrected chi connectivity index (χ1v) is 10.2. The summed E-state index contributed by atoms with van der Waals surface area (Å²) in [6.45, 7) is 0.409. The number of nitrogens with zero attached hydrogens (tertiary/aromatic N) is 3. The highest BCUT2D eigenvalue weighted by atomic mass is 16.5. The minimum absolute atomic E-state index is 0.152. The van der Waals surface area contributed by atoms with Gasteiger partial charge in [-0.3, -0.25) is 19.1 Å². The van der Waals surface area contributed by atoms with Gasteiger partial charge in [-0.15, -0.1) is 0 Å². The van der Waals surface area contributed by atoms with E-state index < -0.39 is 11.2 Å². The highest BCUT2D eigenvalue weighted by molar-refractivity contribution is 5.76. The van der Waals surface area contributed by atoms with Crippen molar-refractivity contribution in [3.63, 3.8) is 0 Å². The lowest BCUT2D eigenvalue weighted by molar-refractivity contribution is -0.136. The molecule has 1 aromatic carbocycles. The fourth-order valence-corrected chi connectivity index (χ4v) is 3.89. The molecular weight excluding hydrogens is 400 g/mol. The molecule has 1 atom stereocenters. The van der Waals surface area contributed by atoms with Crippen molar-refractivity contribution in [1.82, 2.24) is 19.4 Å². The Morgan fingerprint density at radius 1 is 1.26 bits per heavy atom. The largest absolute Gasteiger partial charge is 0.496 e. The first-order valence-electron chi connectivity index (χ1n) is 10.2. The summed E-state index contributed by atoms with van der Waals surface area (Å²) in [6.07, 6.45) is 6.11. The summed E-state index contributed by atoms with van der Waals surface area (Å²) in [7, 11) is 1.63. The average Bonchev–Trinajstić information content (AvgIpc) is 3.24. The van der Waals surface area contributed by atoms with Crippen LogP contribution in [0.15, 0.2) is 56.7 Å². The van der Waals surface area contributed by atoms with Gasteiger partial charge in [0.05, 0.1) is 13.3 Å². The number of likely N-dealkylation sites (tertiary alicyclic amines) is 1. The third-order valence-electron chi connectivity index (χ3n) is 5.44. The summed E-state index contributed by atoms with van der Waals surface area (Å²) in [4.78, 5) is 44.5. The quantitative estimate of drug-likeness (QED) is 0.647. The first kappa shape index (κ1) is 20.6. The van der Waals surface area contributed by atoms with Crippen LogP contribution in [0.5, 0.6) is 5.75 Å². The molecule has 0 aliphatic carbocycles. The van der Waals surface area contributed by atoms with Gasteiger partial charge in [0.1, 0.15) is 24.1 Å². The number of ether oxygens (including phenoxy) is 1. The average molecular weight is 424 g/mol. The molecule has 1 fully saturated rings. The molecular formula is C22H24N4O5. The minimum atomic E-state index is -0.607. The van der Waals surface area contributed by atoms with Gasteiger partial charge in [-0.05, 0) is 25.3 Å². The zero-order valence-electron chi connectivity index (χ0n) is 17.2. The number of methoxy groups -OCH3 is 1. The SMILES string of the molecule is COc1ccccc1Cc1cnc([C@H]2CCCCN2C(=O)Cn2ccc(=O)[nH]c2=O)o1. The fourth-order valence-electron chi connectivity index (χ4n) is 3.89. The van der Waals surface area contributed by atoms with Gasteiger partial charge in [0.2, 0.25) is 11.8 Å². The molecule has 0 radical (unpaired) electrons. The number of hydrogen-bond donors (Lipinski definition) is 1. The normalized spacial score (nSPS) is 16.3. The number of hydrogen-bond acceptors (Lipinski definition) is 6. The van der Waals surface area contributed by atoms with E-state index in [9.17, 15) is 14.4 Å². The number of aromatic nitrogens is 3. The Morgan fingerprint density at radius 3 is 2.90 bits per heavy atom. The molecule has 4 rings (SSSR count). The second-order valence-corrected chi connectivity index (χ2v) is 7.49. The Bertz CT molecular complexity index is 1180. The lowest BCUT2D eigenvalue weighted by Gasteiger charge is -2.33. The Balaban J connectivity index is 1.51. The third-order valence-corrected chi connectivity index (χ3v) is 5.44. The van der Waals surface area contributed by atoms with Gasteiger partial charge >= 0.3 is 5.69 Å². The van der Waals surface area contributed by atoms with E-state index in [2.05, 4.69) is 9.97 Å². The highest BCUT2D eigenvalue weighted by Crippen LogP contribution is 2.31. The Kier molecular flexibility index (Phi) is 6.01. The number of carbonyl (C=O) groups is 1. The number of amides is 1. The van der Waals surface area contributed by atoms with Gasteiger partial charge in [0.25, 0.3) is 5.56 Å². The van der Waals surface area contributed by atoms with Crippen molar-refractivity contribution >= 4 is 5.91 Å². The number of benzene rings is 1. The monoisotopic (exact) mass is 424 g/mol. The number of H-pyrrole nitrogens is 1. The van der Waals surface area contributed by atoms with Gasteiger partial charge in [-0.1, -0.05) is 18.2 Å². The van der Waals surface area contributed by atoms with Gasteiger partial charge in [0.15, 0.2) is 0 Å². The van der Waals surface area contributed by atoms with E-state index in [1.54, 1.807) is 18.2 Å². The predicted molar refractivity (Wildman–Crippen MR) is 112 cm³/mol. The zero-order chi connectivity index (χ0) is 21.8. The molecule has 31 heavy (non-hydrogen) atoms. The molecule has 0 unspecified atom stereocenters. The summed E-state index contributed by atoms with van der Waals surface area (Å²) >= 11 is 0. The maximum atomic E-state index is 13.0. The number of oxazole rings is 1. The molecule has 1 saturated heterocycles. The smallest absolute Gasteiger partial charge is 0.328 e. The van der Waals surface area contributed by atoms with E-state index in [1.807, 2.05) is 24.3 Å². The van der Waals surface area contributed by atoms with Gasteiger partial charge in [-0.2, -0.15) is 0 Å². The molecule has 3 heterocycles. The lowest BCUT2D eigenvalue weighted by Crippen LogP contribution is -2.42. The van der Waals surface area contributed by atoms with Gasteiger partial charge in [-0.25, -0.2) is 9.78 Å². The molecule has 9 nitrogen and oxygen atoms in total. The summed E-state index contributed by atoms with van der Waals surface area (Å²) in [5.74, 6) is 1.74. The molecule has 162 valence electrons. The van der Waals surface area contributed by atoms with Crippen LogP contribution in [0.4, 0.5) is 0 Å². The van der Waals surface area contributed by atoms with Crippen LogP contribution < -0.4 is 16.0 Å². The van der Waals surface area contributed by atoms with Crippen molar-refractivity contribution in [2.24, 2.45) is 0 Å². The standard InChI is InChI=1S/C22H24N4O5/c1-30-18-8-3-2-6-15(18)12-16-13-23-21(31-16)17-7-4-5-10-26(17)20(28)14-25-11-9-19(27)24-22(25)29/h2-3,6,8-9,11,13,17H,4-5,7,10,12,14H2,1H3,(H,24,27,29)/t17-/m1/s1. The van der Waals surface area contributed by atoms with Crippen molar-refractivity contribution in [2.45, 2.75) is 38.3 Å². The van der Waals surface area contributed by atoms with Crippen molar-refractivity contribution in [1.29, 1.82) is 0 Å². The molecule has 0 saturated carbocycles. The minimum Gasteiger partial charge on any atom is -0.496 e. The van der Waals surface area contributed by atoms with Gasteiger partial charge in [0, 0.05) is 30.8 Å². The number of piperidine rings is 1. The van der Waals surface area contributed by atoms with E-state index in [1.165, 1.54) is 16.8 Å². The Hall–Kier alpha value is -3.62. The molecule has 1 amide bonds. The fraction of sp³-hybridized carbons (Fsp3) is 0.364. The summed E-state index contributed by atoms with van der Waals surface area (Å²) in [5, 5.41) is 0. The molecule has 0 bridgehead atoms. The summed E-state index contributed by atoms with van der Waals surface area (Å²) in [6, 6.07) is 8.65. The second kappa shape index (κ2) is 9.03. The summed E-state index contributed by atoms with van der Waals surface area (Å²) in [5.41, 5.74) is -0.113. The van der Waals surface area contributed by atoms with Crippen LogP contribution in [-0.2, 0) is 17.8 Å². The van der Waals surface area contributed by atoms with Crippen LogP contribution >= 0.6 is 0 Å². The van der Waals surface area contributed by atoms with Gasteiger partial charge < -0.3 is 14.1 Å². The van der Waals surface area contributed by atoms with Crippen LogP contribution in [0, 0.1) is 0 Å². The number of nitrogens with one attached hydrogen (secondary N) is 1. The summed E-state index contributed by atoms with van der Waals surface area (Å²) < 4.78 is 12.6. The molecule has 9 heteroatoms. The number of rotatable bonds is 6. The molecule has 0 spiro atoms. The number of carbonyl (C=O) groups excluding carboxylic acids is 1. The Labute approximate surface area is 178 Å². The van der Waals surface area contributed by atoms with Crippen molar-refractivity contribution in [2.75, 3.05) is 13.7 Å².